The molecule has 0 amide bonds. The summed E-state index contributed by atoms with van der Waals surface area (Å²) in [5.74, 6) is 1.87. The number of imidazole rings is 1. The van der Waals surface area contributed by atoms with E-state index in [4.69, 9.17) is 16.3 Å². The van der Waals surface area contributed by atoms with Gasteiger partial charge in [0.05, 0.1) is 11.0 Å². The molecule has 0 unspecified atom stereocenters. The van der Waals surface area contributed by atoms with Crippen LogP contribution in [0.2, 0.25) is 5.02 Å². The van der Waals surface area contributed by atoms with Gasteiger partial charge in [0.1, 0.15) is 11.4 Å². The third-order valence-electron chi connectivity index (χ3n) is 4.69. The number of anilines is 2. The number of fused-ring (bicyclic) bond motifs is 1. The Balaban J connectivity index is 1.67. The Morgan fingerprint density at radius 3 is 2.66 bits per heavy atom. The third kappa shape index (κ3) is 4.05. The van der Waals surface area contributed by atoms with Crippen molar-refractivity contribution in [2.45, 2.75) is 33.1 Å². The number of aromatic amines is 1. The Kier molecular flexibility index (Phi) is 4.92. The van der Waals surface area contributed by atoms with Crippen LogP contribution in [0.25, 0.3) is 11.0 Å². The van der Waals surface area contributed by atoms with E-state index in [-0.39, 0.29) is 5.41 Å². The van der Waals surface area contributed by atoms with Gasteiger partial charge in [-0.25, -0.2) is 9.97 Å². The molecule has 2 heterocycles. The Labute approximate surface area is 175 Å². The van der Waals surface area contributed by atoms with Gasteiger partial charge in [-0.05, 0) is 48.2 Å². The summed E-state index contributed by atoms with van der Waals surface area (Å²) in [6.45, 7) is 8.44. The second-order valence-corrected chi connectivity index (χ2v) is 8.44. The first-order valence-electron chi connectivity index (χ1n) is 9.46. The number of benzene rings is 2. The maximum Gasteiger partial charge on any atom is 0.243 e. The number of rotatable bonds is 4. The summed E-state index contributed by atoms with van der Waals surface area (Å²) in [5, 5.41) is 3.99. The molecule has 0 spiro atoms. The van der Waals surface area contributed by atoms with E-state index in [1.165, 1.54) is 0 Å². The van der Waals surface area contributed by atoms with Crippen molar-refractivity contribution in [1.29, 1.82) is 0 Å². The van der Waals surface area contributed by atoms with Crippen LogP contribution in [0.3, 0.4) is 0 Å². The summed E-state index contributed by atoms with van der Waals surface area (Å²) in [4.78, 5) is 12.3. The van der Waals surface area contributed by atoms with Crippen LogP contribution in [-0.4, -0.2) is 15.0 Å². The Morgan fingerprint density at radius 2 is 1.86 bits per heavy atom. The molecule has 2 N–H and O–H groups in total. The molecule has 0 aliphatic heterocycles. The Bertz CT molecular complexity index is 1140. The van der Waals surface area contributed by atoms with E-state index in [0.717, 1.165) is 33.6 Å². The molecule has 2 aromatic heterocycles. The zero-order chi connectivity index (χ0) is 20.6. The SMILES string of the molecule is Cc1cc2nc(Nc3cccnc3Oc3ccccc3C(C)(C)C)[nH]c2cc1Cl. The predicted molar refractivity (Wildman–Crippen MR) is 119 cm³/mol. The number of nitrogens with zero attached hydrogens (tertiary/aromatic N) is 2. The number of aryl methyl sites for hydroxylation is 1. The first-order chi connectivity index (χ1) is 13.8. The van der Waals surface area contributed by atoms with Crippen LogP contribution >= 0.6 is 11.6 Å². The van der Waals surface area contributed by atoms with Crippen molar-refractivity contribution in [2.24, 2.45) is 0 Å². The molecular weight excluding hydrogens is 384 g/mol. The van der Waals surface area contributed by atoms with E-state index in [1.807, 2.05) is 49.4 Å². The van der Waals surface area contributed by atoms with Crippen LogP contribution in [-0.2, 0) is 5.41 Å². The van der Waals surface area contributed by atoms with Gasteiger partial charge in [0.15, 0.2) is 0 Å². The molecule has 148 valence electrons. The van der Waals surface area contributed by atoms with E-state index in [1.54, 1.807) is 6.20 Å². The minimum Gasteiger partial charge on any atom is -0.437 e. The zero-order valence-electron chi connectivity index (χ0n) is 16.9. The highest BCUT2D eigenvalue weighted by Gasteiger charge is 2.20. The topological polar surface area (TPSA) is 62.8 Å². The molecule has 0 saturated carbocycles. The quantitative estimate of drug-likeness (QED) is 0.393. The van der Waals surface area contributed by atoms with Crippen LogP contribution in [0.1, 0.15) is 31.9 Å². The summed E-state index contributed by atoms with van der Waals surface area (Å²) >= 11 is 6.23. The van der Waals surface area contributed by atoms with Crippen LogP contribution < -0.4 is 10.1 Å². The van der Waals surface area contributed by atoms with Crippen LogP contribution in [0.15, 0.2) is 54.7 Å². The highest BCUT2D eigenvalue weighted by Crippen LogP contribution is 2.36. The average Bonchev–Trinajstić information content (AvgIpc) is 3.04. The van der Waals surface area contributed by atoms with Gasteiger partial charge in [0, 0.05) is 16.8 Å². The number of pyridine rings is 1. The number of H-pyrrole nitrogens is 1. The molecule has 5 nitrogen and oxygen atoms in total. The second kappa shape index (κ2) is 7.41. The lowest BCUT2D eigenvalue weighted by molar-refractivity contribution is 0.442. The fourth-order valence-electron chi connectivity index (χ4n) is 3.17. The van der Waals surface area contributed by atoms with Gasteiger partial charge >= 0.3 is 0 Å². The highest BCUT2D eigenvalue weighted by molar-refractivity contribution is 6.32. The smallest absolute Gasteiger partial charge is 0.243 e. The van der Waals surface area contributed by atoms with Gasteiger partial charge in [0.25, 0.3) is 0 Å². The zero-order valence-corrected chi connectivity index (χ0v) is 17.6. The van der Waals surface area contributed by atoms with E-state index >= 15 is 0 Å². The van der Waals surface area contributed by atoms with Crippen molar-refractivity contribution in [3.63, 3.8) is 0 Å². The summed E-state index contributed by atoms with van der Waals surface area (Å²) < 4.78 is 6.22. The maximum atomic E-state index is 6.23. The number of ether oxygens (including phenoxy) is 1. The van der Waals surface area contributed by atoms with Crippen molar-refractivity contribution >= 4 is 34.3 Å². The van der Waals surface area contributed by atoms with E-state index in [9.17, 15) is 0 Å². The minimum absolute atomic E-state index is 0.0468. The number of para-hydroxylation sites is 1. The van der Waals surface area contributed by atoms with Crippen LogP contribution in [0.4, 0.5) is 11.6 Å². The molecule has 0 bridgehead atoms. The molecule has 2 aromatic carbocycles. The summed E-state index contributed by atoms with van der Waals surface area (Å²) in [6.07, 6.45) is 1.71. The standard InChI is InChI=1S/C23H23ClN4O/c1-14-12-18-19(13-16(14)24)28-22(27-18)26-17-9-7-11-25-21(17)29-20-10-6-5-8-15(20)23(2,3)4/h5-13H,1-4H3,(H2,26,27,28). The lowest BCUT2D eigenvalue weighted by Gasteiger charge is -2.22. The fraction of sp³-hybridized carbons (Fsp3) is 0.217. The lowest BCUT2D eigenvalue weighted by Crippen LogP contribution is -2.12. The molecule has 0 saturated heterocycles. The summed E-state index contributed by atoms with van der Waals surface area (Å²) in [5.41, 5.74) is 4.49. The van der Waals surface area contributed by atoms with Gasteiger partial charge in [-0.2, -0.15) is 0 Å². The van der Waals surface area contributed by atoms with Crippen molar-refractivity contribution < 1.29 is 4.74 Å². The number of hydrogen-bond acceptors (Lipinski definition) is 4. The number of nitrogens with one attached hydrogen (secondary N) is 2. The summed E-state index contributed by atoms with van der Waals surface area (Å²) in [6, 6.07) is 15.6. The average molecular weight is 407 g/mol. The molecule has 4 aromatic rings. The van der Waals surface area contributed by atoms with Crippen molar-refractivity contribution in [2.75, 3.05) is 5.32 Å². The highest BCUT2D eigenvalue weighted by atomic mass is 35.5. The fourth-order valence-corrected chi connectivity index (χ4v) is 3.33. The minimum atomic E-state index is -0.0468. The van der Waals surface area contributed by atoms with Crippen LogP contribution in [0, 0.1) is 6.92 Å². The van der Waals surface area contributed by atoms with E-state index in [0.29, 0.717) is 16.9 Å². The molecule has 0 fully saturated rings. The van der Waals surface area contributed by atoms with Gasteiger partial charge in [-0.15, -0.1) is 0 Å². The third-order valence-corrected chi connectivity index (χ3v) is 5.10. The first kappa shape index (κ1) is 19.3. The monoisotopic (exact) mass is 406 g/mol. The van der Waals surface area contributed by atoms with Gasteiger partial charge in [-0.1, -0.05) is 50.6 Å². The number of aromatic nitrogens is 3. The van der Waals surface area contributed by atoms with Gasteiger partial charge in [0.2, 0.25) is 11.8 Å². The Morgan fingerprint density at radius 1 is 1.07 bits per heavy atom. The summed E-state index contributed by atoms with van der Waals surface area (Å²) in [7, 11) is 0. The van der Waals surface area contributed by atoms with Gasteiger partial charge in [-0.3, -0.25) is 0 Å². The van der Waals surface area contributed by atoms with Crippen molar-refractivity contribution in [3.05, 3.63) is 70.9 Å². The molecule has 29 heavy (non-hydrogen) atoms. The van der Waals surface area contributed by atoms with E-state index < -0.39 is 0 Å². The molecule has 4 rings (SSSR count). The van der Waals surface area contributed by atoms with Crippen molar-refractivity contribution in [1.82, 2.24) is 15.0 Å². The first-order valence-corrected chi connectivity index (χ1v) is 9.84. The Hall–Kier alpha value is -3.05. The predicted octanol–water partition coefficient (Wildman–Crippen LogP) is 6.75. The molecule has 0 aliphatic carbocycles. The lowest BCUT2D eigenvalue weighted by atomic mass is 9.86. The van der Waals surface area contributed by atoms with Gasteiger partial charge < -0.3 is 15.0 Å². The van der Waals surface area contributed by atoms with E-state index in [2.05, 4.69) is 47.1 Å². The normalized spacial score (nSPS) is 11.6. The molecule has 0 atom stereocenters. The largest absolute Gasteiger partial charge is 0.437 e. The number of hydrogen-bond donors (Lipinski definition) is 2. The molecular formula is C23H23ClN4O. The molecule has 0 radical (unpaired) electrons. The van der Waals surface area contributed by atoms with Crippen LogP contribution in [0.5, 0.6) is 11.6 Å². The second-order valence-electron chi connectivity index (χ2n) is 8.03. The maximum absolute atomic E-state index is 6.23. The number of halogens is 1. The van der Waals surface area contributed by atoms with Crippen molar-refractivity contribution in [3.8, 4) is 11.6 Å². The molecule has 0 aliphatic rings. The molecule has 6 heteroatoms.